The SMILES string of the molecule is C[C@H](CO)NC(=O)c1ccc(-c2c[nH]c3ccc(F)cc23)cc1. The Hall–Kier alpha value is -2.66. The van der Waals surface area contributed by atoms with Gasteiger partial charge in [-0.05, 0) is 42.8 Å². The van der Waals surface area contributed by atoms with E-state index in [1.54, 1.807) is 25.1 Å². The van der Waals surface area contributed by atoms with Crippen LogP contribution in [0.15, 0.2) is 48.7 Å². The number of amides is 1. The zero-order valence-electron chi connectivity index (χ0n) is 12.6. The van der Waals surface area contributed by atoms with E-state index in [1.807, 2.05) is 18.3 Å². The Kier molecular flexibility index (Phi) is 4.12. The fraction of sp³-hybridized carbons (Fsp3) is 0.167. The molecule has 5 heteroatoms. The number of halogens is 1. The lowest BCUT2D eigenvalue weighted by atomic mass is 10.0. The Morgan fingerprint density at radius 1 is 1.26 bits per heavy atom. The Morgan fingerprint density at radius 3 is 2.70 bits per heavy atom. The van der Waals surface area contributed by atoms with E-state index in [1.165, 1.54) is 12.1 Å². The van der Waals surface area contributed by atoms with Crippen LogP contribution in [0.25, 0.3) is 22.0 Å². The molecule has 0 aliphatic rings. The van der Waals surface area contributed by atoms with Crippen LogP contribution >= 0.6 is 0 Å². The Labute approximate surface area is 133 Å². The van der Waals surface area contributed by atoms with Crippen LogP contribution in [0.4, 0.5) is 4.39 Å². The fourth-order valence-corrected chi connectivity index (χ4v) is 2.49. The number of aromatic nitrogens is 1. The average Bonchev–Trinajstić information content (AvgIpc) is 2.97. The van der Waals surface area contributed by atoms with E-state index in [9.17, 15) is 9.18 Å². The van der Waals surface area contributed by atoms with Crippen molar-refractivity contribution in [1.29, 1.82) is 0 Å². The van der Waals surface area contributed by atoms with Crippen molar-refractivity contribution in [3.8, 4) is 11.1 Å². The van der Waals surface area contributed by atoms with Gasteiger partial charge in [-0.15, -0.1) is 0 Å². The summed E-state index contributed by atoms with van der Waals surface area (Å²) < 4.78 is 13.4. The highest BCUT2D eigenvalue weighted by Crippen LogP contribution is 2.29. The minimum Gasteiger partial charge on any atom is -0.394 e. The minimum absolute atomic E-state index is 0.106. The maximum absolute atomic E-state index is 13.4. The second kappa shape index (κ2) is 6.22. The van der Waals surface area contributed by atoms with Gasteiger partial charge in [-0.2, -0.15) is 0 Å². The molecule has 0 bridgehead atoms. The van der Waals surface area contributed by atoms with Gasteiger partial charge >= 0.3 is 0 Å². The molecule has 1 heterocycles. The molecule has 118 valence electrons. The molecule has 0 aliphatic carbocycles. The quantitative estimate of drug-likeness (QED) is 0.693. The van der Waals surface area contributed by atoms with Gasteiger partial charge in [-0.3, -0.25) is 4.79 Å². The van der Waals surface area contributed by atoms with Crippen LogP contribution in [-0.4, -0.2) is 28.6 Å². The van der Waals surface area contributed by atoms with Gasteiger partial charge in [0.05, 0.1) is 6.61 Å². The number of carbonyl (C=O) groups is 1. The molecule has 23 heavy (non-hydrogen) atoms. The number of aliphatic hydroxyl groups excluding tert-OH is 1. The highest BCUT2D eigenvalue weighted by atomic mass is 19.1. The lowest BCUT2D eigenvalue weighted by molar-refractivity contribution is 0.0922. The van der Waals surface area contributed by atoms with Gasteiger partial charge in [0.15, 0.2) is 0 Å². The number of aliphatic hydroxyl groups is 1. The van der Waals surface area contributed by atoms with Crippen molar-refractivity contribution in [3.05, 3.63) is 60.0 Å². The molecule has 0 saturated carbocycles. The molecule has 0 spiro atoms. The first-order valence-electron chi connectivity index (χ1n) is 7.37. The number of H-pyrrole nitrogens is 1. The van der Waals surface area contributed by atoms with E-state index in [0.29, 0.717) is 5.56 Å². The predicted molar refractivity (Wildman–Crippen MR) is 87.7 cm³/mol. The maximum Gasteiger partial charge on any atom is 0.251 e. The third kappa shape index (κ3) is 3.10. The topological polar surface area (TPSA) is 65.1 Å². The number of fused-ring (bicyclic) bond motifs is 1. The summed E-state index contributed by atoms with van der Waals surface area (Å²) in [6.07, 6.45) is 1.83. The lowest BCUT2D eigenvalue weighted by Gasteiger charge is -2.11. The number of rotatable bonds is 4. The number of benzene rings is 2. The number of hydrogen-bond donors (Lipinski definition) is 3. The molecule has 3 rings (SSSR count). The van der Waals surface area contributed by atoms with E-state index >= 15 is 0 Å². The monoisotopic (exact) mass is 312 g/mol. The largest absolute Gasteiger partial charge is 0.394 e. The molecular weight excluding hydrogens is 295 g/mol. The fourth-order valence-electron chi connectivity index (χ4n) is 2.49. The van der Waals surface area contributed by atoms with Crippen LogP contribution in [0.3, 0.4) is 0 Å². The van der Waals surface area contributed by atoms with Crippen LogP contribution < -0.4 is 5.32 Å². The van der Waals surface area contributed by atoms with Gasteiger partial charge in [-0.25, -0.2) is 4.39 Å². The molecule has 0 fully saturated rings. The summed E-state index contributed by atoms with van der Waals surface area (Å²) in [5.41, 5.74) is 3.16. The molecule has 4 nitrogen and oxygen atoms in total. The van der Waals surface area contributed by atoms with Crippen molar-refractivity contribution in [2.24, 2.45) is 0 Å². The second-order valence-corrected chi connectivity index (χ2v) is 5.53. The predicted octanol–water partition coefficient (Wildman–Crippen LogP) is 3.08. The first-order valence-corrected chi connectivity index (χ1v) is 7.37. The second-order valence-electron chi connectivity index (χ2n) is 5.53. The Bertz CT molecular complexity index is 840. The molecular formula is C18H17FN2O2. The molecule has 3 N–H and O–H groups in total. The average molecular weight is 312 g/mol. The van der Waals surface area contributed by atoms with Gasteiger partial charge < -0.3 is 15.4 Å². The van der Waals surface area contributed by atoms with Gasteiger partial charge in [0.25, 0.3) is 5.91 Å². The minimum atomic E-state index is -0.293. The van der Waals surface area contributed by atoms with Crippen LogP contribution in [0.1, 0.15) is 17.3 Å². The summed E-state index contributed by atoms with van der Waals surface area (Å²) in [4.78, 5) is 15.1. The van der Waals surface area contributed by atoms with Gasteiger partial charge in [0.2, 0.25) is 0 Å². The maximum atomic E-state index is 13.4. The first kappa shape index (κ1) is 15.2. The molecule has 1 aromatic heterocycles. The van der Waals surface area contributed by atoms with Crippen molar-refractivity contribution < 1.29 is 14.3 Å². The molecule has 2 aromatic carbocycles. The Morgan fingerprint density at radius 2 is 2.00 bits per heavy atom. The molecule has 1 amide bonds. The third-order valence-corrected chi connectivity index (χ3v) is 3.75. The highest BCUT2D eigenvalue weighted by Gasteiger charge is 2.11. The summed E-state index contributed by atoms with van der Waals surface area (Å²) in [7, 11) is 0. The normalized spacial score (nSPS) is 12.3. The van der Waals surface area contributed by atoms with E-state index in [0.717, 1.165) is 22.0 Å². The van der Waals surface area contributed by atoms with Crippen LogP contribution in [0, 0.1) is 5.82 Å². The molecule has 0 unspecified atom stereocenters. The summed E-state index contributed by atoms with van der Waals surface area (Å²) in [5.74, 6) is -0.518. The van der Waals surface area contributed by atoms with Crippen LogP contribution in [-0.2, 0) is 0 Å². The van der Waals surface area contributed by atoms with Gasteiger partial charge in [0, 0.05) is 34.3 Å². The van der Waals surface area contributed by atoms with Gasteiger partial charge in [0.1, 0.15) is 5.82 Å². The van der Waals surface area contributed by atoms with Gasteiger partial charge in [-0.1, -0.05) is 12.1 Å². The van der Waals surface area contributed by atoms with E-state index in [-0.39, 0.29) is 24.4 Å². The number of nitrogens with one attached hydrogen (secondary N) is 2. The molecule has 0 radical (unpaired) electrons. The first-order chi connectivity index (χ1) is 11.1. The van der Waals surface area contributed by atoms with Crippen molar-refractivity contribution >= 4 is 16.8 Å². The summed E-state index contributed by atoms with van der Waals surface area (Å²) in [5, 5.41) is 12.5. The van der Waals surface area contributed by atoms with Crippen molar-refractivity contribution in [2.45, 2.75) is 13.0 Å². The number of carbonyl (C=O) groups excluding carboxylic acids is 1. The van der Waals surface area contributed by atoms with Crippen LogP contribution in [0.5, 0.6) is 0 Å². The Balaban J connectivity index is 1.89. The molecule has 0 saturated heterocycles. The molecule has 3 aromatic rings. The highest BCUT2D eigenvalue weighted by molar-refractivity contribution is 5.97. The van der Waals surface area contributed by atoms with Crippen molar-refractivity contribution in [1.82, 2.24) is 10.3 Å². The summed E-state index contributed by atoms with van der Waals surface area (Å²) >= 11 is 0. The van der Waals surface area contributed by atoms with Crippen molar-refractivity contribution in [3.63, 3.8) is 0 Å². The summed E-state index contributed by atoms with van der Waals surface area (Å²) in [6, 6.07) is 11.4. The summed E-state index contributed by atoms with van der Waals surface area (Å²) in [6.45, 7) is 1.62. The molecule has 0 aliphatic heterocycles. The third-order valence-electron chi connectivity index (χ3n) is 3.75. The van der Waals surface area contributed by atoms with E-state index < -0.39 is 0 Å². The standard InChI is InChI=1S/C18H17FN2O2/c1-11(10-22)21-18(23)13-4-2-12(3-5-13)16-9-20-17-7-6-14(19)8-15(16)17/h2-9,11,20,22H,10H2,1H3,(H,21,23)/t11-/m1/s1. The zero-order valence-corrected chi connectivity index (χ0v) is 12.6. The van der Waals surface area contributed by atoms with Crippen molar-refractivity contribution in [2.75, 3.05) is 6.61 Å². The number of aromatic amines is 1. The van der Waals surface area contributed by atoms with E-state index in [2.05, 4.69) is 10.3 Å². The smallest absolute Gasteiger partial charge is 0.251 e. The zero-order chi connectivity index (χ0) is 16.4. The van der Waals surface area contributed by atoms with Crippen LogP contribution in [0.2, 0.25) is 0 Å². The lowest BCUT2D eigenvalue weighted by Crippen LogP contribution is -2.34. The molecule has 1 atom stereocenters. The number of hydrogen-bond acceptors (Lipinski definition) is 2. The van der Waals surface area contributed by atoms with E-state index in [4.69, 9.17) is 5.11 Å².